The molecule has 0 aliphatic carbocycles. The number of rotatable bonds is 47. The van der Waals surface area contributed by atoms with Crippen LogP contribution in [-0.4, -0.2) is 110 Å². The van der Waals surface area contributed by atoms with Crippen LogP contribution in [0.3, 0.4) is 0 Å². The largest absolute Gasteiger partial charge is 0.394 e. The summed E-state index contributed by atoms with van der Waals surface area (Å²) in [5, 5.41) is 75.8. The number of allylic oxidation sites excluding steroid dienone is 4. The quantitative estimate of drug-likeness (QED) is 0.0215. The van der Waals surface area contributed by atoms with E-state index in [-0.39, 0.29) is 12.8 Å². The fourth-order valence-electron chi connectivity index (χ4n) is 8.93. The number of ether oxygens (including phenoxy) is 2. The monoisotopic (exact) mass is 940 g/mol. The number of aliphatic hydroxyl groups is 7. The van der Waals surface area contributed by atoms with Crippen molar-refractivity contribution in [3.8, 4) is 0 Å². The first-order chi connectivity index (χ1) is 32.2. The maximum atomic E-state index is 13.1. The molecular formula is C55H105NO10. The molecular weight excluding hydrogens is 835 g/mol. The molecule has 1 heterocycles. The van der Waals surface area contributed by atoms with Gasteiger partial charge in [-0.05, 0) is 51.4 Å². The minimum Gasteiger partial charge on any atom is -0.394 e. The van der Waals surface area contributed by atoms with E-state index in [1.54, 1.807) is 0 Å². The summed E-state index contributed by atoms with van der Waals surface area (Å²) in [5.41, 5.74) is 0. The lowest BCUT2D eigenvalue weighted by molar-refractivity contribution is -0.303. The topological polar surface area (TPSA) is 189 Å². The van der Waals surface area contributed by atoms with Gasteiger partial charge in [0.15, 0.2) is 6.29 Å². The lowest BCUT2D eigenvalue weighted by Crippen LogP contribution is -2.60. The van der Waals surface area contributed by atoms with Crippen molar-refractivity contribution >= 4 is 5.91 Å². The molecule has 0 aromatic carbocycles. The average Bonchev–Trinajstić information content (AvgIpc) is 3.32. The molecule has 11 heteroatoms. The van der Waals surface area contributed by atoms with Gasteiger partial charge in [-0.2, -0.15) is 0 Å². The van der Waals surface area contributed by atoms with Gasteiger partial charge in [-0.3, -0.25) is 4.79 Å². The molecule has 1 fully saturated rings. The molecule has 9 atom stereocenters. The van der Waals surface area contributed by atoms with Gasteiger partial charge in [-0.25, -0.2) is 0 Å². The SMILES string of the molecule is CCCCCCCCCCCCCCCCCCCCC/C=C/CC/C=C/CCCC(O)C(O)C(COC1OC(CO)C(O)C(O)C1O)NC(=O)C(O)CCCCCCCCCCCCC. The second-order valence-electron chi connectivity index (χ2n) is 19.6. The van der Waals surface area contributed by atoms with Crippen molar-refractivity contribution < 1.29 is 50.0 Å². The number of nitrogens with one attached hydrogen (secondary N) is 1. The maximum absolute atomic E-state index is 13.1. The summed E-state index contributed by atoms with van der Waals surface area (Å²) in [6, 6.07) is -1.19. The summed E-state index contributed by atoms with van der Waals surface area (Å²) >= 11 is 0. The van der Waals surface area contributed by atoms with E-state index in [1.807, 2.05) is 0 Å². The Morgan fingerprint density at radius 1 is 0.515 bits per heavy atom. The van der Waals surface area contributed by atoms with E-state index in [0.717, 1.165) is 38.5 Å². The molecule has 0 bridgehead atoms. The summed E-state index contributed by atoms with van der Waals surface area (Å²) < 4.78 is 11.1. The molecule has 0 saturated carbocycles. The molecule has 8 N–H and O–H groups in total. The number of carbonyl (C=O) groups is 1. The van der Waals surface area contributed by atoms with Crippen LogP contribution in [0, 0.1) is 0 Å². The second-order valence-corrected chi connectivity index (χ2v) is 19.6. The molecule has 1 rings (SSSR count). The van der Waals surface area contributed by atoms with Gasteiger partial charge in [0.1, 0.15) is 36.6 Å². The zero-order chi connectivity index (χ0) is 48.3. The first kappa shape index (κ1) is 62.6. The highest BCUT2D eigenvalue weighted by molar-refractivity contribution is 5.80. The highest BCUT2D eigenvalue weighted by Gasteiger charge is 2.44. The molecule has 390 valence electrons. The van der Waals surface area contributed by atoms with Gasteiger partial charge >= 0.3 is 0 Å². The molecule has 9 unspecified atom stereocenters. The van der Waals surface area contributed by atoms with Gasteiger partial charge in [0.2, 0.25) is 5.91 Å². The zero-order valence-electron chi connectivity index (χ0n) is 42.4. The number of amides is 1. The standard InChI is InChI=1S/C55H105NO10/c1-3-5-7-9-11-13-15-16-17-18-19-20-21-22-23-24-25-26-27-28-29-30-31-33-34-36-38-40-42-47(58)50(60)46(45-65-55-53(63)52(62)51(61)49(44-57)66-55)56-54(64)48(59)43-41-39-37-35-32-14-12-10-8-6-4-2/h29-30,34,36,46-53,55,57-63H,3-28,31-33,35,37-45H2,1-2H3,(H,56,64)/b30-29+,36-34+. The van der Waals surface area contributed by atoms with E-state index in [9.17, 15) is 40.5 Å². The highest BCUT2D eigenvalue weighted by atomic mass is 16.7. The number of hydrogen-bond donors (Lipinski definition) is 8. The first-order valence-electron chi connectivity index (χ1n) is 27.7. The van der Waals surface area contributed by atoms with Crippen molar-refractivity contribution in [2.24, 2.45) is 0 Å². The number of aliphatic hydroxyl groups excluding tert-OH is 7. The average molecular weight is 940 g/mol. The molecule has 0 aromatic heterocycles. The number of unbranched alkanes of at least 4 members (excludes halogenated alkanes) is 31. The van der Waals surface area contributed by atoms with Gasteiger partial charge in [-0.1, -0.05) is 224 Å². The van der Waals surface area contributed by atoms with Crippen LogP contribution in [0.4, 0.5) is 0 Å². The number of hydrogen-bond acceptors (Lipinski definition) is 10. The van der Waals surface area contributed by atoms with E-state index >= 15 is 0 Å². The van der Waals surface area contributed by atoms with Gasteiger partial charge in [0.25, 0.3) is 0 Å². The van der Waals surface area contributed by atoms with Crippen LogP contribution < -0.4 is 5.32 Å². The summed E-state index contributed by atoms with van der Waals surface area (Å²) in [7, 11) is 0. The molecule has 0 aromatic rings. The molecule has 1 saturated heterocycles. The van der Waals surface area contributed by atoms with Gasteiger partial charge in [-0.15, -0.1) is 0 Å². The van der Waals surface area contributed by atoms with Crippen molar-refractivity contribution in [3.05, 3.63) is 24.3 Å². The van der Waals surface area contributed by atoms with Crippen LogP contribution in [0.2, 0.25) is 0 Å². The van der Waals surface area contributed by atoms with E-state index in [1.165, 1.54) is 167 Å². The Morgan fingerprint density at radius 3 is 1.35 bits per heavy atom. The lowest BCUT2D eigenvalue weighted by atomic mass is 9.98. The molecule has 66 heavy (non-hydrogen) atoms. The van der Waals surface area contributed by atoms with Crippen LogP contribution in [0.25, 0.3) is 0 Å². The Kier molecular flexibility index (Phi) is 42.5. The molecule has 11 nitrogen and oxygen atoms in total. The molecule has 0 radical (unpaired) electrons. The predicted octanol–water partition coefficient (Wildman–Crippen LogP) is 11.0. The molecule has 1 aliphatic heterocycles. The van der Waals surface area contributed by atoms with Gasteiger partial charge in [0.05, 0.1) is 25.4 Å². The summed E-state index contributed by atoms with van der Waals surface area (Å²) in [6.45, 7) is 3.43. The third-order valence-electron chi connectivity index (χ3n) is 13.5. The second kappa shape index (κ2) is 44.8. The van der Waals surface area contributed by atoms with Crippen LogP contribution in [0.5, 0.6) is 0 Å². The Morgan fingerprint density at radius 2 is 0.909 bits per heavy atom. The third kappa shape index (κ3) is 33.2. The molecule has 0 spiro atoms. The van der Waals surface area contributed by atoms with Crippen molar-refractivity contribution in [3.63, 3.8) is 0 Å². The molecule has 1 amide bonds. The first-order valence-corrected chi connectivity index (χ1v) is 27.7. The fourth-order valence-corrected chi connectivity index (χ4v) is 8.93. The summed E-state index contributed by atoms with van der Waals surface area (Å²) in [6.07, 6.45) is 41.2. The lowest BCUT2D eigenvalue weighted by Gasteiger charge is -2.40. The van der Waals surface area contributed by atoms with Gasteiger partial charge < -0.3 is 50.5 Å². The normalized spacial score (nSPS) is 20.9. The van der Waals surface area contributed by atoms with Gasteiger partial charge in [0, 0.05) is 0 Å². The predicted molar refractivity (Wildman–Crippen MR) is 270 cm³/mol. The summed E-state index contributed by atoms with van der Waals surface area (Å²) in [4.78, 5) is 13.1. The zero-order valence-corrected chi connectivity index (χ0v) is 42.4. The van der Waals surface area contributed by atoms with Crippen molar-refractivity contribution in [2.45, 2.75) is 306 Å². The minimum absolute atomic E-state index is 0.249. The fraction of sp³-hybridized carbons (Fsp3) is 0.909. The minimum atomic E-state index is -1.67. The van der Waals surface area contributed by atoms with Crippen molar-refractivity contribution in [1.29, 1.82) is 0 Å². The van der Waals surface area contributed by atoms with Crippen LogP contribution in [0.15, 0.2) is 24.3 Å². The Hall–Kier alpha value is -1.41. The van der Waals surface area contributed by atoms with Crippen molar-refractivity contribution in [1.82, 2.24) is 5.32 Å². The van der Waals surface area contributed by atoms with Crippen molar-refractivity contribution in [2.75, 3.05) is 13.2 Å². The Balaban J connectivity index is 2.29. The highest BCUT2D eigenvalue weighted by Crippen LogP contribution is 2.23. The van der Waals surface area contributed by atoms with E-state index < -0.39 is 74.2 Å². The van der Waals surface area contributed by atoms with Crippen LogP contribution in [0.1, 0.15) is 251 Å². The van der Waals surface area contributed by atoms with E-state index in [0.29, 0.717) is 19.3 Å². The summed E-state index contributed by atoms with van der Waals surface area (Å²) in [5.74, 6) is -0.710. The van der Waals surface area contributed by atoms with Crippen LogP contribution in [-0.2, 0) is 14.3 Å². The number of carbonyl (C=O) groups excluding carboxylic acids is 1. The maximum Gasteiger partial charge on any atom is 0.249 e. The van der Waals surface area contributed by atoms with Crippen LogP contribution >= 0.6 is 0 Å². The Bertz CT molecular complexity index is 1120. The third-order valence-corrected chi connectivity index (χ3v) is 13.5. The smallest absolute Gasteiger partial charge is 0.249 e. The molecule has 1 aliphatic rings. The van der Waals surface area contributed by atoms with E-state index in [2.05, 4.69) is 43.5 Å². The Labute approximate surface area is 404 Å². The van der Waals surface area contributed by atoms with E-state index in [4.69, 9.17) is 9.47 Å².